The van der Waals surface area contributed by atoms with Crippen LogP contribution in [-0.2, 0) is 22.2 Å². The van der Waals surface area contributed by atoms with Crippen molar-refractivity contribution in [2.24, 2.45) is 5.14 Å². The summed E-state index contributed by atoms with van der Waals surface area (Å²) in [4.78, 5) is 10.2. The van der Waals surface area contributed by atoms with Crippen molar-refractivity contribution in [2.45, 2.75) is 12.2 Å². The third-order valence-electron chi connectivity index (χ3n) is 2.44. The first-order chi connectivity index (χ1) is 7.87. The molecule has 92 valence electrons. The number of hydrogen-bond acceptors (Lipinski definition) is 5. The molecule has 8 heteroatoms. The second kappa shape index (κ2) is 3.97. The van der Waals surface area contributed by atoms with Gasteiger partial charge < -0.3 is 4.74 Å². The van der Waals surface area contributed by atoms with Crippen LogP contribution in [0, 0.1) is 10.1 Å². The standard InChI is InChI=1S/C9H10N2O5S/c10-17(14,15)5-7-3-6-1-2-16-9(6)4-8(7)11(12)13/h3-4H,1-2,5H2,(H2,10,14,15). The smallest absolute Gasteiger partial charge is 0.277 e. The highest BCUT2D eigenvalue weighted by molar-refractivity contribution is 7.88. The Morgan fingerprint density at radius 2 is 2.18 bits per heavy atom. The fourth-order valence-corrected chi connectivity index (χ4v) is 2.43. The highest BCUT2D eigenvalue weighted by atomic mass is 32.2. The Hall–Kier alpha value is -1.67. The summed E-state index contributed by atoms with van der Waals surface area (Å²) in [5.41, 5.74) is 0.593. The number of nitro benzene ring substituents is 1. The minimum absolute atomic E-state index is 0.0988. The van der Waals surface area contributed by atoms with E-state index >= 15 is 0 Å². The van der Waals surface area contributed by atoms with E-state index in [0.29, 0.717) is 18.8 Å². The molecule has 1 aliphatic heterocycles. The van der Waals surface area contributed by atoms with Gasteiger partial charge in [-0.05, 0) is 11.6 Å². The average Bonchev–Trinajstić information content (AvgIpc) is 2.60. The molecule has 0 aromatic heterocycles. The first kappa shape index (κ1) is 11.8. The molecule has 0 atom stereocenters. The summed E-state index contributed by atoms with van der Waals surface area (Å²) < 4.78 is 27.2. The van der Waals surface area contributed by atoms with Gasteiger partial charge in [0.15, 0.2) is 0 Å². The summed E-state index contributed by atoms with van der Waals surface area (Å²) in [6.45, 7) is 0.450. The first-order valence-electron chi connectivity index (χ1n) is 4.80. The summed E-state index contributed by atoms with van der Waals surface area (Å²) in [5.74, 6) is -0.105. The highest BCUT2D eigenvalue weighted by Gasteiger charge is 2.24. The summed E-state index contributed by atoms with van der Waals surface area (Å²) in [6, 6.07) is 2.73. The van der Waals surface area contributed by atoms with E-state index in [0.717, 1.165) is 5.56 Å². The molecule has 2 N–H and O–H groups in total. The number of sulfonamides is 1. The van der Waals surface area contributed by atoms with E-state index in [1.165, 1.54) is 12.1 Å². The number of fused-ring (bicyclic) bond motifs is 1. The van der Waals surface area contributed by atoms with Crippen molar-refractivity contribution in [1.82, 2.24) is 0 Å². The van der Waals surface area contributed by atoms with Crippen LogP contribution in [-0.4, -0.2) is 19.9 Å². The zero-order valence-electron chi connectivity index (χ0n) is 8.75. The maximum atomic E-state index is 11.0. The minimum Gasteiger partial charge on any atom is -0.493 e. The van der Waals surface area contributed by atoms with Gasteiger partial charge in [0.1, 0.15) is 5.75 Å². The summed E-state index contributed by atoms with van der Waals surface area (Å²) in [7, 11) is -3.80. The quantitative estimate of drug-likeness (QED) is 0.619. The molecule has 0 spiro atoms. The predicted octanol–water partition coefficient (Wildman–Crippen LogP) is 0.318. The molecule has 1 heterocycles. The van der Waals surface area contributed by atoms with Gasteiger partial charge >= 0.3 is 0 Å². The Labute approximate surface area is 97.4 Å². The van der Waals surface area contributed by atoms with Crippen LogP contribution in [0.1, 0.15) is 11.1 Å². The molecule has 0 amide bonds. The van der Waals surface area contributed by atoms with Crippen LogP contribution in [0.5, 0.6) is 5.75 Å². The van der Waals surface area contributed by atoms with Crippen LogP contribution in [0.25, 0.3) is 0 Å². The number of nitrogens with two attached hydrogens (primary N) is 1. The Balaban J connectivity index is 2.53. The van der Waals surface area contributed by atoms with Crippen molar-refractivity contribution in [3.05, 3.63) is 33.4 Å². The lowest BCUT2D eigenvalue weighted by Crippen LogP contribution is -2.15. The lowest BCUT2D eigenvalue weighted by molar-refractivity contribution is -0.385. The number of nitro groups is 1. The van der Waals surface area contributed by atoms with E-state index < -0.39 is 20.7 Å². The van der Waals surface area contributed by atoms with Crippen molar-refractivity contribution in [1.29, 1.82) is 0 Å². The zero-order valence-corrected chi connectivity index (χ0v) is 9.57. The molecular formula is C9H10N2O5S. The van der Waals surface area contributed by atoms with E-state index in [1.54, 1.807) is 0 Å². The molecule has 0 unspecified atom stereocenters. The van der Waals surface area contributed by atoms with Crippen LogP contribution >= 0.6 is 0 Å². The number of nitrogens with zero attached hydrogens (tertiary/aromatic N) is 1. The van der Waals surface area contributed by atoms with Crippen molar-refractivity contribution in [2.75, 3.05) is 6.61 Å². The molecule has 7 nitrogen and oxygen atoms in total. The fraction of sp³-hybridized carbons (Fsp3) is 0.333. The molecule has 0 radical (unpaired) electrons. The minimum atomic E-state index is -3.80. The van der Waals surface area contributed by atoms with Crippen molar-refractivity contribution in [3.8, 4) is 5.75 Å². The first-order valence-corrected chi connectivity index (χ1v) is 6.52. The van der Waals surface area contributed by atoms with E-state index in [-0.39, 0.29) is 11.3 Å². The molecule has 1 aliphatic rings. The molecule has 0 saturated heterocycles. The number of primary sulfonamides is 1. The van der Waals surface area contributed by atoms with Gasteiger partial charge in [0.2, 0.25) is 10.0 Å². The van der Waals surface area contributed by atoms with Crippen LogP contribution in [0.4, 0.5) is 5.69 Å². The third kappa shape index (κ3) is 2.53. The average molecular weight is 258 g/mol. The zero-order chi connectivity index (χ0) is 12.6. The normalized spacial score (nSPS) is 14.2. The van der Waals surface area contributed by atoms with Gasteiger partial charge in [-0.25, -0.2) is 13.6 Å². The maximum Gasteiger partial charge on any atom is 0.277 e. The largest absolute Gasteiger partial charge is 0.493 e. The number of rotatable bonds is 3. The summed E-state index contributed by atoms with van der Waals surface area (Å²) >= 11 is 0. The van der Waals surface area contributed by atoms with Gasteiger partial charge in [-0.1, -0.05) is 0 Å². The van der Waals surface area contributed by atoms with Crippen LogP contribution in [0.3, 0.4) is 0 Å². The van der Waals surface area contributed by atoms with Gasteiger partial charge in [-0.2, -0.15) is 0 Å². The van der Waals surface area contributed by atoms with Crippen molar-refractivity contribution in [3.63, 3.8) is 0 Å². The van der Waals surface area contributed by atoms with Crippen molar-refractivity contribution < 1.29 is 18.1 Å². The third-order valence-corrected chi connectivity index (χ3v) is 3.16. The van der Waals surface area contributed by atoms with Crippen molar-refractivity contribution >= 4 is 15.7 Å². The Bertz CT molecular complexity index is 581. The van der Waals surface area contributed by atoms with Crippen LogP contribution < -0.4 is 9.88 Å². The lowest BCUT2D eigenvalue weighted by atomic mass is 10.1. The van der Waals surface area contributed by atoms with E-state index in [9.17, 15) is 18.5 Å². The van der Waals surface area contributed by atoms with E-state index in [2.05, 4.69) is 0 Å². The molecule has 17 heavy (non-hydrogen) atoms. The lowest BCUT2D eigenvalue weighted by Gasteiger charge is -2.04. The molecular weight excluding hydrogens is 248 g/mol. The maximum absolute atomic E-state index is 11.0. The van der Waals surface area contributed by atoms with Crippen LogP contribution in [0.15, 0.2) is 12.1 Å². The number of hydrogen-bond donors (Lipinski definition) is 1. The summed E-state index contributed by atoms with van der Waals surface area (Å²) in [6.07, 6.45) is 0.616. The van der Waals surface area contributed by atoms with Gasteiger partial charge in [0, 0.05) is 12.0 Å². The molecule has 0 bridgehead atoms. The molecule has 0 saturated carbocycles. The van der Waals surface area contributed by atoms with E-state index in [4.69, 9.17) is 9.88 Å². The van der Waals surface area contributed by atoms with Gasteiger partial charge in [-0.3, -0.25) is 10.1 Å². The molecule has 2 rings (SSSR count). The van der Waals surface area contributed by atoms with Gasteiger partial charge in [0.05, 0.1) is 23.3 Å². The SMILES string of the molecule is NS(=O)(=O)Cc1cc2c(cc1[N+](=O)[O-])OCC2. The van der Waals surface area contributed by atoms with Crippen LogP contribution in [0.2, 0.25) is 0 Å². The highest BCUT2D eigenvalue weighted by Crippen LogP contribution is 2.33. The van der Waals surface area contributed by atoms with Gasteiger partial charge in [0.25, 0.3) is 5.69 Å². The topological polar surface area (TPSA) is 113 Å². The monoisotopic (exact) mass is 258 g/mol. The number of benzene rings is 1. The van der Waals surface area contributed by atoms with Gasteiger partial charge in [-0.15, -0.1) is 0 Å². The number of ether oxygens (including phenoxy) is 1. The summed E-state index contributed by atoms with van der Waals surface area (Å²) in [5, 5.41) is 15.7. The molecule has 1 aromatic rings. The molecule has 0 fully saturated rings. The molecule has 0 aliphatic carbocycles. The fourth-order valence-electron chi connectivity index (χ4n) is 1.77. The van der Waals surface area contributed by atoms with E-state index in [1.807, 2.05) is 0 Å². The Morgan fingerprint density at radius 3 is 2.76 bits per heavy atom. The molecule has 1 aromatic carbocycles. The second-order valence-corrected chi connectivity index (χ2v) is 5.37. The Morgan fingerprint density at radius 1 is 1.47 bits per heavy atom. The second-order valence-electron chi connectivity index (χ2n) is 3.75. The Kier molecular flexibility index (Phi) is 2.76. The predicted molar refractivity (Wildman–Crippen MR) is 59.1 cm³/mol.